The van der Waals surface area contributed by atoms with E-state index in [9.17, 15) is 9.13 Å². The standard InChI is InChI=1S/C18H18N4OP4.C16H30N2O7P3S.C8H15N5OP6.C8H8N4O/c19-20-21-23-15-11-13-18(14-12-15)27(22-26(24)25,16-7-3-1-4-8-16)17-9-5-2-6-10-17;1-17(2)26(29)25-16-9-7-15(8-10-16)11-12-18(13-27(19,21-3)22-4)14-28(20,23-5)24-6;1-13(20(16)17)10-6-7-2-4-8(5-3-7)14-18-19(15)12-11-9;1-10-6-7-2-4-8(5-3-7)13-12-11-9/h1-14H,24-25H2;7-10H,11-14H2,1-6H3;2-6,18H,15-17H2,1H3;2-6H,1H3/q;+1;;. The molecule has 0 aromatic heterocycles. The number of nitrogens with zero attached hydrogens (tertiary/aromatic N) is 15. The summed E-state index contributed by atoms with van der Waals surface area (Å²) in [5.41, 5.74) is 27.7. The molecule has 0 N–H and O–H groups in total. The van der Waals surface area contributed by atoms with Crippen molar-refractivity contribution < 1.29 is 45.9 Å². The van der Waals surface area contributed by atoms with E-state index in [1.807, 2.05) is 128 Å². The number of azide groups is 3. The zero-order valence-corrected chi connectivity index (χ0v) is 63.6. The molecule has 8 unspecified atom stereocenters. The van der Waals surface area contributed by atoms with E-state index in [0.29, 0.717) is 30.2 Å². The van der Waals surface area contributed by atoms with Crippen molar-refractivity contribution >= 4 is 145 Å². The molecule has 0 heterocycles. The zero-order valence-electron chi connectivity index (χ0n) is 49.7. The van der Waals surface area contributed by atoms with Crippen molar-refractivity contribution in [1.29, 1.82) is 0 Å². The van der Waals surface area contributed by atoms with Crippen molar-refractivity contribution in [1.82, 2.24) is 14.3 Å². The summed E-state index contributed by atoms with van der Waals surface area (Å²) in [7, 11) is 14.5. The number of aliphatic imine (C=N–C) groups is 1. The highest BCUT2D eigenvalue weighted by atomic mass is 32.4. The van der Waals surface area contributed by atoms with Gasteiger partial charge in [0.25, 0.3) is 0 Å². The van der Waals surface area contributed by atoms with Gasteiger partial charge in [0.15, 0.2) is 5.75 Å². The van der Waals surface area contributed by atoms with Gasteiger partial charge in [0.2, 0.25) is 11.8 Å². The molecule has 25 nitrogen and oxygen atoms in total. The third-order valence-electron chi connectivity index (χ3n) is 11.2. The van der Waals surface area contributed by atoms with Gasteiger partial charge in [-0.15, -0.1) is 0 Å². The van der Waals surface area contributed by atoms with Crippen molar-refractivity contribution in [3.63, 3.8) is 0 Å². The smallest absolute Gasteiger partial charge is 0.472 e. The second-order valence-corrected chi connectivity index (χ2v) is 46.0. The highest BCUT2D eigenvalue weighted by Gasteiger charge is 2.32. The molecule has 0 radical (unpaired) electrons. The largest absolute Gasteiger partial charge is 0.491 e. The summed E-state index contributed by atoms with van der Waals surface area (Å²) >= 11 is 5.27. The van der Waals surface area contributed by atoms with Crippen LogP contribution in [0.15, 0.2) is 188 Å². The van der Waals surface area contributed by atoms with E-state index in [1.165, 1.54) is 39.0 Å². The molecule has 0 fully saturated rings. The lowest BCUT2D eigenvalue weighted by Crippen LogP contribution is -2.29. The lowest BCUT2D eigenvalue weighted by molar-refractivity contribution is 0.224. The number of hydrazone groups is 1. The van der Waals surface area contributed by atoms with E-state index in [2.05, 4.69) is 138 Å². The molecule has 0 aliphatic rings. The lowest BCUT2D eigenvalue weighted by atomic mass is 10.1. The monoisotopic (exact) mass is 1480 g/mol. The molecule has 0 saturated heterocycles. The average Bonchev–Trinajstić information content (AvgIpc) is 1.22. The Morgan fingerprint density at radius 1 is 0.607 bits per heavy atom. The van der Waals surface area contributed by atoms with Gasteiger partial charge in [-0.25, -0.2) is 0 Å². The van der Waals surface area contributed by atoms with Gasteiger partial charge in [-0.1, -0.05) is 127 Å². The van der Waals surface area contributed by atoms with Gasteiger partial charge >= 0.3 is 22.3 Å². The van der Waals surface area contributed by atoms with Gasteiger partial charge in [-0.2, -0.15) is 5.10 Å². The van der Waals surface area contributed by atoms with Crippen LogP contribution in [0.2, 0.25) is 0 Å². The van der Waals surface area contributed by atoms with Crippen molar-refractivity contribution in [3.05, 3.63) is 206 Å². The van der Waals surface area contributed by atoms with Crippen LogP contribution in [-0.2, 0) is 45.5 Å². The molecule has 6 rings (SSSR count). The Labute approximate surface area is 542 Å². The summed E-state index contributed by atoms with van der Waals surface area (Å²) in [6.45, 7) is 0.444. The highest BCUT2D eigenvalue weighted by molar-refractivity contribution is 8.46. The first-order chi connectivity index (χ1) is 42.6. The Bertz CT molecular complexity index is 3370. The first kappa shape index (κ1) is 79.7. The number of hydrogen-bond donors (Lipinski definition) is 0. The van der Waals surface area contributed by atoms with Gasteiger partial charge in [0, 0.05) is 107 Å². The summed E-state index contributed by atoms with van der Waals surface area (Å²) in [6, 6.07) is 50.7. The second-order valence-electron chi connectivity index (χ2n) is 17.4. The highest BCUT2D eigenvalue weighted by Crippen LogP contribution is 2.64. The van der Waals surface area contributed by atoms with E-state index in [-0.39, 0.29) is 28.5 Å². The van der Waals surface area contributed by atoms with E-state index >= 15 is 0 Å². The molecule has 0 amide bonds. The Morgan fingerprint density at radius 3 is 1.46 bits per heavy atom. The SMILES string of the molecule is CN(N=Cc1ccc(OPP(P)N=[N+]=[N-])cc1)P(P)P.CN=Cc1ccc(ON=[N+]=[N-])cc1.COP(=O)(CN(CCc1ccc(O[P+](=S)N(C)C)cc1)CP(=O)(OC)OC)OC.[N-]=[N+]=NOc1ccc(P(=NP(P)P)(c2ccccc2)c2ccccc2)cc1. The van der Waals surface area contributed by atoms with Crippen LogP contribution in [0.25, 0.3) is 31.3 Å². The molecule has 6 aromatic carbocycles. The summed E-state index contributed by atoms with van der Waals surface area (Å²) in [5, 5.41) is 13.9. The van der Waals surface area contributed by atoms with Gasteiger partial charge in [0.05, 0.1) is 28.2 Å². The molecule has 39 heteroatoms. The molecule has 476 valence electrons. The van der Waals surface area contributed by atoms with Crippen LogP contribution in [0.4, 0.5) is 0 Å². The van der Waals surface area contributed by atoms with Gasteiger partial charge in [-0.05, 0) is 125 Å². The minimum absolute atomic E-state index is 0.0407. The molecule has 0 spiro atoms. The van der Waals surface area contributed by atoms with Crippen molar-refractivity contribution in [2.75, 3.05) is 75.7 Å². The predicted molar refractivity (Wildman–Crippen MR) is 395 cm³/mol. The van der Waals surface area contributed by atoms with Crippen molar-refractivity contribution in [3.8, 4) is 23.0 Å². The molecule has 0 aliphatic heterocycles. The minimum Gasteiger partial charge on any atom is -0.472 e. The molecular weight excluding hydrogens is 1410 g/mol. The topological polar surface area (TPSA) is 301 Å². The van der Waals surface area contributed by atoms with E-state index < -0.39 is 44.2 Å². The maximum absolute atomic E-state index is 12.6. The second kappa shape index (κ2) is 44.1. The Balaban J connectivity index is 0.000000321. The molecule has 89 heavy (non-hydrogen) atoms. The quantitative estimate of drug-likeness (QED) is 0.0101. The number of rotatable bonds is 30. The molecular formula is C50H71N15O10P13S+. The van der Waals surface area contributed by atoms with E-state index in [1.54, 1.807) is 36.5 Å². The summed E-state index contributed by atoms with van der Waals surface area (Å²) in [4.78, 5) is 26.6. The predicted octanol–water partition coefficient (Wildman–Crippen LogP) is 17.5. The van der Waals surface area contributed by atoms with Crippen molar-refractivity contribution in [2.45, 2.75) is 6.42 Å². The molecule has 0 bridgehead atoms. The maximum Gasteiger partial charge on any atom is 0.491 e. The van der Waals surface area contributed by atoms with Crippen LogP contribution in [0.1, 0.15) is 16.7 Å². The molecule has 0 saturated carbocycles. The number of benzene rings is 6. The third kappa shape index (κ3) is 29.9. The van der Waals surface area contributed by atoms with Crippen LogP contribution in [0, 0.1) is 0 Å². The van der Waals surface area contributed by atoms with E-state index in [0.717, 1.165) is 27.7 Å². The summed E-state index contributed by atoms with van der Waals surface area (Å²) in [5.74, 6) is 2.46. The summed E-state index contributed by atoms with van der Waals surface area (Å²) < 4.78 is 65.4. The molecule has 8 atom stereocenters. The fourth-order valence-corrected chi connectivity index (χ4v) is 20.4. The average molecular weight is 1480 g/mol. The number of hydrogen-bond acceptors (Lipinski definition) is 19. The van der Waals surface area contributed by atoms with Gasteiger partial charge in [-0.3, -0.25) is 32.8 Å². The zero-order chi connectivity index (χ0) is 65.7. The van der Waals surface area contributed by atoms with Crippen LogP contribution in [-0.4, -0.2) is 103 Å². The third-order valence-corrected chi connectivity index (χ3v) is 30.0. The fraction of sp³-hybridized carbons (Fsp3) is 0.240. The Morgan fingerprint density at radius 2 is 1.04 bits per heavy atom. The van der Waals surface area contributed by atoms with E-state index in [4.69, 9.17) is 64.9 Å². The molecule has 6 aromatic rings. The van der Waals surface area contributed by atoms with Crippen LogP contribution < -0.4 is 34.6 Å². The van der Waals surface area contributed by atoms with Crippen molar-refractivity contribution in [2.24, 2.45) is 30.0 Å². The maximum atomic E-state index is 12.6. The first-order valence-electron chi connectivity index (χ1n) is 25.5. The Kier molecular flexibility index (Phi) is 39.5. The lowest BCUT2D eigenvalue weighted by Gasteiger charge is -2.27. The van der Waals surface area contributed by atoms with Crippen LogP contribution >= 0.6 is 105 Å². The van der Waals surface area contributed by atoms with Gasteiger partial charge in [0.1, 0.15) is 48.9 Å². The fourth-order valence-electron chi connectivity index (χ4n) is 6.89. The molecule has 0 aliphatic carbocycles. The normalized spacial score (nSPS) is 11.9. The van der Waals surface area contributed by atoms with Crippen LogP contribution in [0.3, 0.4) is 0 Å². The van der Waals surface area contributed by atoms with Gasteiger partial charge < -0.3 is 32.3 Å². The minimum atomic E-state index is -3.34. The van der Waals surface area contributed by atoms with Crippen LogP contribution in [0.5, 0.6) is 23.0 Å². The first-order valence-corrected chi connectivity index (χ1v) is 46.6. The Hall–Kier alpha value is -3.57. The summed E-state index contributed by atoms with van der Waals surface area (Å²) in [6.07, 6.45) is 4.05.